The van der Waals surface area contributed by atoms with Crippen molar-refractivity contribution in [2.24, 2.45) is 0 Å². The van der Waals surface area contributed by atoms with Crippen LogP contribution >= 0.6 is 11.3 Å². The minimum absolute atomic E-state index is 0.0438. The summed E-state index contributed by atoms with van der Waals surface area (Å²) in [6.45, 7) is 16.4. The van der Waals surface area contributed by atoms with E-state index < -0.39 is 0 Å². The molecule has 0 saturated carbocycles. The van der Waals surface area contributed by atoms with Crippen LogP contribution in [0.4, 0.5) is 17.1 Å². The summed E-state index contributed by atoms with van der Waals surface area (Å²) in [6, 6.07) is 64.1. The Bertz CT molecular complexity index is 3170. The predicted octanol–water partition coefficient (Wildman–Crippen LogP) is 16.8. The van der Waals surface area contributed by atoms with Crippen LogP contribution in [0.1, 0.15) is 76.3 Å². The van der Waals surface area contributed by atoms with E-state index in [-0.39, 0.29) is 16.2 Å². The van der Waals surface area contributed by atoms with Gasteiger partial charge >= 0.3 is 0 Å². The lowest BCUT2D eigenvalue weighted by Crippen LogP contribution is -2.17. The Hall–Kier alpha value is -6.22. The Balaban J connectivity index is 1.02. The molecule has 0 spiro atoms. The van der Waals surface area contributed by atoms with Crippen LogP contribution in [0.15, 0.2) is 170 Å². The van der Waals surface area contributed by atoms with Crippen LogP contribution in [0.5, 0.6) is 0 Å². The average molecular weight is 792 g/mol. The Morgan fingerprint density at radius 2 is 1.03 bits per heavy atom. The van der Waals surface area contributed by atoms with Gasteiger partial charge in [0, 0.05) is 47.9 Å². The van der Waals surface area contributed by atoms with Crippen molar-refractivity contribution < 1.29 is 0 Å². The van der Waals surface area contributed by atoms with E-state index in [1.807, 2.05) is 11.3 Å². The van der Waals surface area contributed by atoms with Gasteiger partial charge in [-0.1, -0.05) is 176 Å². The van der Waals surface area contributed by atoms with Crippen molar-refractivity contribution in [1.29, 1.82) is 0 Å². The summed E-state index contributed by atoms with van der Waals surface area (Å²) in [7, 11) is 0. The molecular formula is C58H49NS. The molecule has 60 heavy (non-hydrogen) atoms. The molecule has 0 atom stereocenters. The number of hydrogen-bond donors (Lipinski definition) is 0. The lowest BCUT2D eigenvalue weighted by molar-refractivity contribution is 0.584. The summed E-state index contributed by atoms with van der Waals surface area (Å²) in [5.41, 5.74) is 20.7. The molecule has 0 bridgehead atoms. The zero-order chi connectivity index (χ0) is 41.1. The summed E-state index contributed by atoms with van der Waals surface area (Å²) in [5, 5.41) is 2.65. The van der Waals surface area contributed by atoms with Gasteiger partial charge in [0.15, 0.2) is 0 Å². The standard InChI is InChI=1S/C58H49NS/c1-56(2,3)39-27-32-43-47-34-38(26-33-49(47)58(6,7)51(43)35-39)36-22-28-40(29-23-36)59(52-20-13-19-50-54(52)46-15-8-10-18-48(46)57(50,4)5)41-30-24-37(25-31-41)42-16-12-17-45-44-14-9-11-21-53(44)60-55(42)45/h8-35H,1-7H3. The van der Waals surface area contributed by atoms with Gasteiger partial charge in [-0.25, -0.2) is 0 Å². The van der Waals surface area contributed by atoms with Crippen molar-refractivity contribution in [2.45, 2.75) is 64.7 Å². The van der Waals surface area contributed by atoms with Crippen LogP contribution in [-0.2, 0) is 16.2 Å². The van der Waals surface area contributed by atoms with Crippen molar-refractivity contribution in [3.63, 3.8) is 0 Å². The van der Waals surface area contributed by atoms with E-state index >= 15 is 0 Å². The Morgan fingerprint density at radius 3 is 1.80 bits per heavy atom. The van der Waals surface area contributed by atoms with Gasteiger partial charge in [0.05, 0.1) is 5.69 Å². The molecule has 0 N–H and O–H groups in total. The summed E-state index contributed by atoms with van der Waals surface area (Å²) >= 11 is 1.89. The monoisotopic (exact) mass is 791 g/mol. The highest BCUT2D eigenvalue weighted by Gasteiger charge is 2.38. The van der Waals surface area contributed by atoms with E-state index in [4.69, 9.17) is 0 Å². The molecule has 11 rings (SSSR count). The maximum atomic E-state index is 2.47. The predicted molar refractivity (Wildman–Crippen MR) is 259 cm³/mol. The highest BCUT2D eigenvalue weighted by Crippen LogP contribution is 2.55. The summed E-state index contributed by atoms with van der Waals surface area (Å²) < 4.78 is 2.67. The number of nitrogens with zero attached hydrogens (tertiary/aromatic N) is 1. The highest BCUT2D eigenvalue weighted by molar-refractivity contribution is 7.26. The molecule has 0 unspecified atom stereocenters. The zero-order valence-electron chi connectivity index (χ0n) is 35.5. The Labute approximate surface area is 358 Å². The molecular weight excluding hydrogens is 743 g/mol. The number of hydrogen-bond acceptors (Lipinski definition) is 2. The molecule has 292 valence electrons. The highest BCUT2D eigenvalue weighted by atomic mass is 32.1. The van der Waals surface area contributed by atoms with E-state index in [1.54, 1.807) is 0 Å². The number of thiophene rings is 1. The first-order chi connectivity index (χ1) is 28.9. The molecule has 1 heterocycles. The molecule has 1 aromatic heterocycles. The van der Waals surface area contributed by atoms with Crippen LogP contribution in [-0.4, -0.2) is 0 Å². The fourth-order valence-corrected chi connectivity index (χ4v) is 11.6. The second kappa shape index (κ2) is 13.1. The van der Waals surface area contributed by atoms with Gasteiger partial charge in [-0.2, -0.15) is 0 Å². The molecule has 0 saturated heterocycles. The molecule has 0 fully saturated rings. The molecule has 0 aliphatic heterocycles. The second-order valence-corrected chi connectivity index (χ2v) is 20.0. The van der Waals surface area contributed by atoms with Crippen LogP contribution in [0.25, 0.3) is 64.7 Å². The third-order valence-corrected chi connectivity index (χ3v) is 14.9. The SMILES string of the molecule is CC(C)(C)c1ccc2c(c1)C(C)(C)c1ccc(-c3ccc(N(c4ccc(-c5cccc6c5sc5ccccc56)cc4)c4cccc5c4-c4ccccc4C5(C)C)cc3)cc1-2. The van der Waals surface area contributed by atoms with Crippen molar-refractivity contribution >= 4 is 48.6 Å². The molecule has 2 aliphatic carbocycles. The van der Waals surface area contributed by atoms with Crippen LogP contribution < -0.4 is 4.90 Å². The lowest BCUT2D eigenvalue weighted by Gasteiger charge is -2.29. The minimum atomic E-state index is -0.0979. The first-order valence-electron chi connectivity index (χ1n) is 21.3. The average Bonchev–Trinajstić information content (AvgIpc) is 3.84. The number of benzene rings is 8. The van der Waals surface area contributed by atoms with E-state index in [2.05, 4.69) is 223 Å². The van der Waals surface area contributed by atoms with Crippen molar-refractivity contribution in [3.05, 3.63) is 198 Å². The number of anilines is 3. The number of fused-ring (bicyclic) bond motifs is 9. The van der Waals surface area contributed by atoms with Crippen LogP contribution in [0.3, 0.4) is 0 Å². The molecule has 0 amide bonds. The largest absolute Gasteiger partial charge is 0.310 e. The van der Waals surface area contributed by atoms with Crippen molar-refractivity contribution in [3.8, 4) is 44.5 Å². The lowest BCUT2D eigenvalue weighted by atomic mass is 9.79. The fraction of sp³-hybridized carbons (Fsp3) is 0.172. The summed E-state index contributed by atoms with van der Waals surface area (Å²) in [5.74, 6) is 0. The van der Waals surface area contributed by atoms with Crippen molar-refractivity contribution in [1.82, 2.24) is 0 Å². The van der Waals surface area contributed by atoms with Crippen molar-refractivity contribution in [2.75, 3.05) is 4.90 Å². The van der Waals surface area contributed by atoms with E-state index in [9.17, 15) is 0 Å². The minimum Gasteiger partial charge on any atom is -0.310 e. The van der Waals surface area contributed by atoms with E-state index in [0.717, 1.165) is 11.4 Å². The number of rotatable bonds is 5. The maximum absolute atomic E-state index is 2.47. The van der Waals surface area contributed by atoms with Gasteiger partial charge in [-0.3, -0.25) is 0 Å². The second-order valence-electron chi connectivity index (χ2n) is 19.0. The van der Waals surface area contributed by atoms with Crippen LogP contribution in [0.2, 0.25) is 0 Å². The summed E-state index contributed by atoms with van der Waals surface area (Å²) in [4.78, 5) is 2.47. The normalized spacial score (nSPS) is 14.5. The van der Waals surface area contributed by atoms with E-state index in [1.165, 1.54) is 98.2 Å². The van der Waals surface area contributed by atoms with Crippen LogP contribution in [0, 0.1) is 0 Å². The van der Waals surface area contributed by atoms with Gasteiger partial charge in [-0.15, -0.1) is 11.3 Å². The summed E-state index contributed by atoms with van der Waals surface area (Å²) in [6.07, 6.45) is 0. The molecule has 8 aromatic carbocycles. The molecule has 0 radical (unpaired) electrons. The zero-order valence-corrected chi connectivity index (χ0v) is 36.3. The molecule has 2 heteroatoms. The maximum Gasteiger partial charge on any atom is 0.0543 e. The first kappa shape index (κ1) is 36.8. The van der Waals surface area contributed by atoms with Gasteiger partial charge in [0.1, 0.15) is 0 Å². The van der Waals surface area contributed by atoms with Gasteiger partial charge in [-0.05, 0) is 115 Å². The van der Waals surface area contributed by atoms with Gasteiger partial charge in [0.2, 0.25) is 0 Å². The fourth-order valence-electron chi connectivity index (χ4n) is 10.3. The van der Waals surface area contributed by atoms with Gasteiger partial charge < -0.3 is 4.90 Å². The van der Waals surface area contributed by atoms with Gasteiger partial charge in [0.25, 0.3) is 0 Å². The first-order valence-corrected chi connectivity index (χ1v) is 22.2. The topological polar surface area (TPSA) is 3.24 Å². The molecule has 9 aromatic rings. The third-order valence-electron chi connectivity index (χ3n) is 13.7. The molecule has 2 aliphatic rings. The smallest absolute Gasteiger partial charge is 0.0543 e. The quantitative estimate of drug-likeness (QED) is 0.168. The Morgan fingerprint density at radius 1 is 0.433 bits per heavy atom. The van der Waals surface area contributed by atoms with E-state index in [0.29, 0.717) is 0 Å². The third kappa shape index (κ3) is 5.50. The molecule has 1 nitrogen and oxygen atoms in total. The Kier molecular flexibility index (Phi) is 8.07.